The quantitative estimate of drug-likeness (QED) is 0.605. The molecule has 0 bridgehead atoms. The summed E-state index contributed by atoms with van der Waals surface area (Å²) in [5.74, 6) is 3.11. The third-order valence-electron chi connectivity index (χ3n) is 5.15. The van der Waals surface area contributed by atoms with Gasteiger partial charge in [0.05, 0.1) is 0 Å². The Labute approximate surface area is 89.3 Å². The van der Waals surface area contributed by atoms with Crippen LogP contribution in [0, 0.1) is 17.8 Å². The molecule has 4 atom stereocenters. The van der Waals surface area contributed by atoms with Crippen LogP contribution in [0.15, 0.2) is 11.4 Å². The minimum Gasteiger partial charge on any atom is -0.149 e. The van der Waals surface area contributed by atoms with Gasteiger partial charge in [0.1, 0.15) is 0 Å². The van der Waals surface area contributed by atoms with E-state index in [9.17, 15) is 0 Å². The van der Waals surface area contributed by atoms with Crippen LogP contribution in [0.4, 0.5) is 0 Å². The van der Waals surface area contributed by atoms with Gasteiger partial charge in [0.2, 0.25) is 0 Å². The fraction of sp³-hybridized carbons (Fsp3) is 0.692. The van der Waals surface area contributed by atoms with Crippen molar-refractivity contribution in [3.63, 3.8) is 0 Å². The molecule has 4 unspecified atom stereocenters. The minimum atomic E-state index is 0.665. The molecule has 1 heterocycles. The average molecular weight is 204 g/mol. The minimum absolute atomic E-state index is 0.665. The van der Waals surface area contributed by atoms with Gasteiger partial charge < -0.3 is 0 Å². The van der Waals surface area contributed by atoms with Gasteiger partial charge in [0.15, 0.2) is 0 Å². The molecule has 0 aliphatic heterocycles. The fourth-order valence-electron chi connectivity index (χ4n) is 4.15. The molecular weight excluding hydrogens is 188 g/mol. The molecular formula is C13H16S. The number of fused-ring (bicyclic) bond motifs is 4. The standard InChI is InChI=1S/C13H16S/c1-8-2-4-13(8)10-3-5-14-12(10)7-9-6-11(9)13/h3,5,8-9,11H,2,4,6-7H2,1H3. The van der Waals surface area contributed by atoms with Crippen molar-refractivity contribution < 1.29 is 0 Å². The molecule has 0 saturated heterocycles. The molecule has 0 radical (unpaired) electrons. The largest absolute Gasteiger partial charge is 0.149 e. The van der Waals surface area contributed by atoms with Gasteiger partial charge in [0, 0.05) is 10.3 Å². The summed E-state index contributed by atoms with van der Waals surface area (Å²) in [5, 5.41) is 2.32. The Hall–Kier alpha value is -0.300. The second kappa shape index (κ2) is 2.27. The Morgan fingerprint density at radius 3 is 3.14 bits per heavy atom. The van der Waals surface area contributed by atoms with Crippen LogP contribution in [0.2, 0.25) is 0 Å². The molecule has 2 fully saturated rings. The van der Waals surface area contributed by atoms with Gasteiger partial charge in [-0.1, -0.05) is 6.92 Å². The van der Waals surface area contributed by atoms with Crippen molar-refractivity contribution in [1.29, 1.82) is 0 Å². The lowest BCUT2D eigenvalue weighted by molar-refractivity contribution is 0.0968. The lowest BCUT2D eigenvalue weighted by Crippen LogP contribution is -2.47. The van der Waals surface area contributed by atoms with Crippen LogP contribution in [0.5, 0.6) is 0 Å². The molecule has 0 aromatic carbocycles. The van der Waals surface area contributed by atoms with Crippen LogP contribution < -0.4 is 0 Å². The first-order valence-electron chi connectivity index (χ1n) is 5.89. The monoisotopic (exact) mass is 204 g/mol. The normalized spacial score (nSPS) is 48.2. The van der Waals surface area contributed by atoms with Crippen LogP contribution in [0.3, 0.4) is 0 Å². The molecule has 0 nitrogen and oxygen atoms in total. The van der Waals surface area contributed by atoms with E-state index in [2.05, 4.69) is 18.4 Å². The van der Waals surface area contributed by atoms with E-state index in [0.717, 1.165) is 17.8 Å². The van der Waals surface area contributed by atoms with Crippen molar-refractivity contribution in [2.24, 2.45) is 17.8 Å². The van der Waals surface area contributed by atoms with Crippen molar-refractivity contribution in [1.82, 2.24) is 0 Å². The third-order valence-corrected chi connectivity index (χ3v) is 6.09. The maximum atomic E-state index is 2.48. The van der Waals surface area contributed by atoms with E-state index in [1.807, 2.05) is 11.3 Å². The zero-order chi connectivity index (χ0) is 9.34. The average Bonchev–Trinajstić information content (AvgIpc) is 2.79. The summed E-state index contributed by atoms with van der Waals surface area (Å²) in [6.07, 6.45) is 5.90. The zero-order valence-electron chi connectivity index (χ0n) is 8.62. The number of hydrogen-bond donors (Lipinski definition) is 0. The van der Waals surface area contributed by atoms with E-state index in [0.29, 0.717) is 5.41 Å². The topological polar surface area (TPSA) is 0 Å². The van der Waals surface area contributed by atoms with Crippen LogP contribution in [-0.2, 0) is 11.8 Å². The Kier molecular flexibility index (Phi) is 1.28. The van der Waals surface area contributed by atoms with E-state index in [-0.39, 0.29) is 0 Å². The molecule has 2 saturated carbocycles. The highest BCUT2D eigenvalue weighted by Gasteiger charge is 2.62. The highest BCUT2D eigenvalue weighted by molar-refractivity contribution is 7.10. The first-order valence-corrected chi connectivity index (χ1v) is 6.77. The molecule has 3 aliphatic rings. The fourth-order valence-corrected chi connectivity index (χ4v) is 5.21. The Morgan fingerprint density at radius 1 is 1.50 bits per heavy atom. The van der Waals surface area contributed by atoms with E-state index in [1.54, 1.807) is 10.4 Å². The maximum Gasteiger partial charge on any atom is 0.00859 e. The molecule has 1 aromatic rings. The summed E-state index contributed by atoms with van der Waals surface area (Å²) in [6.45, 7) is 2.48. The molecule has 0 amide bonds. The summed E-state index contributed by atoms with van der Waals surface area (Å²) >= 11 is 2.01. The molecule has 74 valence electrons. The van der Waals surface area contributed by atoms with Crippen LogP contribution in [0.1, 0.15) is 36.6 Å². The molecule has 3 aliphatic carbocycles. The maximum absolute atomic E-state index is 2.48. The predicted molar refractivity (Wildman–Crippen MR) is 59.7 cm³/mol. The second-order valence-electron chi connectivity index (χ2n) is 5.54. The van der Waals surface area contributed by atoms with Gasteiger partial charge in [-0.05, 0) is 60.4 Å². The first-order chi connectivity index (χ1) is 6.82. The molecule has 1 aromatic heterocycles. The van der Waals surface area contributed by atoms with Gasteiger partial charge in [0.25, 0.3) is 0 Å². The summed E-state index contributed by atoms with van der Waals surface area (Å²) in [5.41, 5.74) is 2.43. The predicted octanol–water partition coefficient (Wildman–Crippen LogP) is 3.61. The lowest BCUT2D eigenvalue weighted by atomic mass is 9.53. The second-order valence-corrected chi connectivity index (χ2v) is 6.54. The summed E-state index contributed by atoms with van der Waals surface area (Å²) < 4.78 is 0. The third kappa shape index (κ3) is 0.701. The molecule has 0 N–H and O–H groups in total. The van der Waals surface area contributed by atoms with Gasteiger partial charge in [-0.3, -0.25) is 0 Å². The van der Waals surface area contributed by atoms with Crippen molar-refractivity contribution >= 4 is 11.3 Å². The van der Waals surface area contributed by atoms with Crippen molar-refractivity contribution in [2.75, 3.05) is 0 Å². The van der Waals surface area contributed by atoms with E-state index < -0.39 is 0 Å². The van der Waals surface area contributed by atoms with Gasteiger partial charge in [-0.2, -0.15) is 0 Å². The SMILES string of the molecule is CC1CCC12c1ccsc1CC1CC12. The van der Waals surface area contributed by atoms with Crippen LogP contribution in [0.25, 0.3) is 0 Å². The number of thiophene rings is 1. The van der Waals surface area contributed by atoms with Crippen LogP contribution >= 0.6 is 11.3 Å². The Balaban J connectivity index is 1.92. The zero-order valence-corrected chi connectivity index (χ0v) is 9.44. The van der Waals surface area contributed by atoms with Gasteiger partial charge in [-0.15, -0.1) is 11.3 Å². The van der Waals surface area contributed by atoms with E-state index in [4.69, 9.17) is 0 Å². The van der Waals surface area contributed by atoms with E-state index >= 15 is 0 Å². The molecule has 4 rings (SSSR count). The Bertz CT molecular complexity index is 392. The van der Waals surface area contributed by atoms with Gasteiger partial charge in [-0.25, -0.2) is 0 Å². The summed E-state index contributed by atoms with van der Waals surface area (Å²) in [6, 6.07) is 2.43. The Morgan fingerprint density at radius 2 is 2.43 bits per heavy atom. The molecule has 1 heteroatoms. The molecule has 1 spiro atoms. The van der Waals surface area contributed by atoms with E-state index in [1.165, 1.54) is 25.7 Å². The van der Waals surface area contributed by atoms with Crippen LogP contribution in [-0.4, -0.2) is 0 Å². The highest BCUT2D eigenvalue weighted by atomic mass is 32.1. The number of rotatable bonds is 0. The van der Waals surface area contributed by atoms with Crippen molar-refractivity contribution in [3.8, 4) is 0 Å². The lowest BCUT2D eigenvalue weighted by Gasteiger charge is -2.51. The molecule has 14 heavy (non-hydrogen) atoms. The van der Waals surface area contributed by atoms with Crippen molar-refractivity contribution in [2.45, 2.75) is 38.0 Å². The van der Waals surface area contributed by atoms with Crippen molar-refractivity contribution in [3.05, 3.63) is 21.9 Å². The van der Waals surface area contributed by atoms with Gasteiger partial charge >= 0.3 is 0 Å². The first kappa shape index (κ1) is 7.92. The summed E-state index contributed by atoms with van der Waals surface area (Å²) in [7, 11) is 0. The number of hydrogen-bond acceptors (Lipinski definition) is 1. The smallest absolute Gasteiger partial charge is 0.00859 e. The summed E-state index contributed by atoms with van der Waals surface area (Å²) in [4.78, 5) is 1.73. The highest BCUT2D eigenvalue weighted by Crippen LogP contribution is 2.68.